The summed E-state index contributed by atoms with van der Waals surface area (Å²) >= 11 is 6.17. The van der Waals surface area contributed by atoms with Gasteiger partial charge in [0.15, 0.2) is 5.76 Å². The Hall–Kier alpha value is -3.12. The predicted octanol–water partition coefficient (Wildman–Crippen LogP) is 5.33. The summed E-state index contributed by atoms with van der Waals surface area (Å²) in [5.74, 6) is 2.31. The number of para-hydroxylation sites is 1. The Kier molecular flexibility index (Phi) is 6.90. The number of furan rings is 1. The first-order valence-electron chi connectivity index (χ1n) is 9.42. The van der Waals surface area contributed by atoms with Gasteiger partial charge in [-0.25, -0.2) is 0 Å². The lowest BCUT2D eigenvalue weighted by Gasteiger charge is -2.17. The van der Waals surface area contributed by atoms with Gasteiger partial charge >= 0.3 is 0 Å². The zero-order valence-electron chi connectivity index (χ0n) is 17.3. The Morgan fingerprint density at radius 3 is 2.63 bits per heavy atom. The topological polar surface area (TPSA) is 69.9 Å². The molecule has 0 saturated heterocycles. The number of benzene rings is 2. The van der Waals surface area contributed by atoms with Crippen molar-refractivity contribution in [2.45, 2.75) is 26.5 Å². The van der Waals surface area contributed by atoms with E-state index in [2.05, 4.69) is 5.32 Å². The van der Waals surface area contributed by atoms with E-state index in [4.69, 9.17) is 30.2 Å². The Morgan fingerprint density at radius 2 is 1.93 bits per heavy atom. The summed E-state index contributed by atoms with van der Waals surface area (Å²) in [6.07, 6.45) is 0. The molecule has 1 N–H and O–H groups in total. The molecule has 6 nitrogen and oxygen atoms in total. The van der Waals surface area contributed by atoms with E-state index in [-0.39, 0.29) is 24.3 Å². The summed E-state index contributed by atoms with van der Waals surface area (Å²) in [7, 11) is 3.17. The minimum absolute atomic E-state index is 0.164. The number of methoxy groups -OCH3 is 2. The maximum absolute atomic E-state index is 12.6. The lowest BCUT2D eigenvalue weighted by molar-refractivity contribution is 0.0907. The zero-order valence-corrected chi connectivity index (χ0v) is 18.1. The molecule has 0 aliphatic heterocycles. The van der Waals surface area contributed by atoms with E-state index >= 15 is 0 Å². The van der Waals surface area contributed by atoms with Gasteiger partial charge in [0.1, 0.15) is 29.6 Å². The van der Waals surface area contributed by atoms with E-state index in [9.17, 15) is 4.79 Å². The van der Waals surface area contributed by atoms with Gasteiger partial charge < -0.3 is 23.9 Å². The number of hydrogen-bond donors (Lipinski definition) is 1. The van der Waals surface area contributed by atoms with Gasteiger partial charge in [0.25, 0.3) is 5.91 Å². The van der Waals surface area contributed by atoms with Crippen molar-refractivity contribution in [3.05, 3.63) is 76.2 Å². The lowest BCUT2D eigenvalue weighted by Crippen LogP contribution is -2.26. The van der Waals surface area contributed by atoms with E-state index in [1.54, 1.807) is 44.6 Å². The van der Waals surface area contributed by atoms with E-state index in [0.717, 1.165) is 11.1 Å². The van der Waals surface area contributed by atoms with Crippen LogP contribution in [0.4, 0.5) is 0 Å². The maximum Gasteiger partial charge on any atom is 0.287 e. The third kappa shape index (κ3) is 4.89. The van der Waals surface area contributed by atoms with Crippen LogP contribution in [0.15, 0.2) is 52.9 Å². The number of halogens is 1. The number of ether oxygens (including phenoxy) is 3. The standard InChI is InChI=1S/C23H24ClNO5/c1-14-6-5-7-19(24)22(14)29-13-17-9-11-21(30-17)23(26)25-15(2)18-12-16(27-3)8-10-20(18)28-4/h5-12,15H,13H2,1-4H3,(H,25,26). The first-order valence-corrected chi connectivity index (χ1v) is 9.80. The molecule has 3 rings (SSSR count). The van der Waals surface area contributed by atoms with Gasteiger partial charge in [-0.2, -0.15) is 0 Å². The summed E-state index contributed by atoms with van der Waals surface area (Å²) in [4.78, 5) is 12.6. The Balaban J connectivity index is 1.66. The molecule has 0 aliphatic rings. The SMILES string of the molecule is COc1ccc(OC)c(C(C)NC(=O)c2ccc(COc3c(C)cccc3Cl)o2)c1. The highest BCUT2D eigenvalue weighted by molar-refractivity contribution is 6.32. The van der Waals surface area contributed by atoms with Gasteiger partial charge in [0.2, 0.25) is 0 Å². The molecular formula is C23H24ClNO5. The van der Waals surface area contributed by atoms with Crippen LogP contribution in [0.1, 0.15) is 40.4 Å². The fourth-order valence-electron chi connectivity index (χ4n) is 3.04. The predicted molar refractivity (Wildman–Crippen MR) is 115 cm³/mol. The normalized spacial score (nSPS) is 11.6. The highest BCUT2D eigenvalue weighted by Crippen LogP contribution is 2.30. The second-order valence-electron chi connectivity index (χ2n) is 6.74. The van der Waals surface area contributed by atoms with E-state index < -0.39 is 0 Å². The van der Waals surface area contributed by atoms with Crippen molar-refractivity contribution >= 4 is 17.5 Å². The van der Waals surface area contributed by atoms with Crippen molar-refractivity contribution in [1.29, 1.82) is 0 Å². The van der Waals surface area contributed by atoms with Crippen molar-refractivity contribution in [2.75, 3.05) is 14.2 Å². The second-order valence-corrected chi connectivity index (χ2v) is 7.15. The van der Waals surface area contributed by atoms with Gasteiger partial charge in [0, 0.05) is 5.56 Å². The smallest absolute Gasteiger partial charge is 0.287 e. The highest BCUT2D eigenvalue weighted by Gasteiger charge is 2.19. The number of carbonyl (C=O) groups is 1. The number of hydrogen-bond acceptors (Lipinski definition) is 5. The van der Waals surface area contributed by atoms with Crippen molar-refractivity contribution in [3.63, 3.8) is 0 Å². The molecule has 1 heterocycles. The molecule has 1 unspecified atom stereocenters. The molecule has 1 aromatic heterocycles. The molecule has 30 heavy (non-hydrogen) atoms. The second kappa shape index (κ2) is 9.59. The van der Waals surface area contributed by atoms with Crippen LogP contribution in [0.2, 0.25) is 5.02 Å². The number of amides is 1. The van der Waals surface area contributed by atoms with Gasteiger partial charge in [-0.1, -0.05) is 23.7 Å². The van der Waals surface area contributed by atoms with E-state index in [1.807, 2.05) is 32.0 Å². The number of aryl methyl sites for hydroxylation is 1. The van der Waals surface area contributed by atoms with Gasteiger partial charge in [-0.3, -0.25) is 4.79 Å². The molecular weight excluding hydrogens is 406 g/mol. The number of rotatable bonds is 8. The van der Waals surface area contributed by atoms with Crippen LogP contribution in [-0.2, 0) is 6.61 Å². The van der Waals surface area contributed by atoms with Gasteiger partial charge in [-0.15, -0.1) is 0 Å². The number of nitrogens with one attached hydrogen (secondary N) is 1. The molecule has 2 aromatic carbocycles. The van der Waals surface area contributed by atoms with Crippen LogP contribution in [0, 0.1) is 6.92 Å². The summed E-state index contributed by atoms with van der Waals surface area (Å²) in [6.45, 7) is 3.94. The van der Waals surface area contributed by atoms with Gasteiger partial charge in [0.05, 0.1) is 25.3 Å². The molecule has 0 spiro atoms. The van der Waals surface area contributed by atoms with Crippen molar-refractivity contribution < 1.29 is 23.4 Å². The summed E-state index contributed by atoms with van der Waals surface area (Å²) in [5.41, 5.74) is 1.72. The van der Waals surface area contributed by atoms with Crippen LogP contribution < -0.4 is 19.5 Å². The van der Waals surface area contributed by atoms with Crippen LogP contribution in [0.5, 0.6) is 17.2 Å². The van der Waals surface area contributed by atoms with Crippen molar-refractivity contribution in [1.82, 2.24) is 5.32 Å². The molecule has 7 heteroatoms. The molecule has 3 aromatic rings. The molecule has 0 bridgehead atoms. The van der Waals surface area contributed by atoms with Crippen LogP contribution in [-0.4, -0.2) is 20.1 Å². The summed E-state index contributed by atoms with van der Waals surface area (Å²) in [6, 6.07) is 14.0. The largest absolute Gasteiger partial charge is 0.497 e. The van der Waals surface area contributed by atoms with Crippen LogP contribution >= 0.6 is 11.6 Å². The molecule has 1 atom stereocenters. The Bertz CT molecular complexity index is 1010. The average Bonchev–Trinajstić information content (AvgIpc) is 3.22. The summed E-state index contributed by atoms with van der Waals surface area (Å²) in [5, 5.41) is 3.44. The summed E-state index contributed by atoms with van der Waals surface area (Å²) < 4.78 is 22.1. The Labute approximate surface area is 180 Å². The third-order valence-corrected chi connectivity index (χ3v) is 4.96. The van der Waals surface area contributed by atoms with Crippen molar-refractivity contribution in [3.8, 4) is 17.2 Å². The van der Waals surface area contributed by atoms with Crippen LogP contribution in [0.3, 0.4) is 0 Å². The Morgan fingerprint density at radius 1 is 1.13 bits per heavy atom. The molecule has 0 aliphatic carbocycles. The first kappa shape index (κ1) is 21.6. The molecule has 158 valence electrons. The minimum Gasteiger partial charge on any atom is -0.497 e. The monoisotopic (exact) mass is 429 g/mol. The first-order chi connectivity index (χ1) is 14.4. The maximum atomic E-state index is 12.6. The quantitative estimate of drug-likeness (QED) is 0.524. The molecule has 0 saturated carbocycles. The molecule has 0 radical (unpaired) electrons. The molecule has 0 fully saturated rings. The fraction of sp³-hybridized carbons (Fsp3) is 0.261. The third-order valence-electron chi connectivity index (χ3n) is 4.66. The zero-order chi connectivity index (χ0) is 21.7. The van der Waals surface area contributed by atoms with E-state index in [0.29, 0.717) is 28.0 Å². The lowest BCUT2D eigenvalue weighted by atomic mass is 10.1. The average molecular weight is 430 g/mol. The number of carbonyl (C=O) groups excluding carboxylic acids is 1. The van der Waals surface area contributed by atoms with Crippen molar-refractivity contribution in [2.24, 2.45) is 0 Å². The van der Waals surface area contributed by atoms with Crippen LogP contribution in [0.25, 0.3) is 0 Å². The minimum atomic E-state index is -0.340. The highest BCUT2D eigenvalue weighted by atomic mass is 35.5. The van der Waals surface area contributed by atoms with Gasteiger partial charge in [-0.05, 0) is 55.8 Å². The molecule has 1 amide bonds. The fourth-order valence-corrected chi connectivity index (χ4v) is 3.32. The van der Waals surface area contributed by atoms with E-state index in [1.165, 1.54) is 0 Å².